The van der Waals surface area contributed by atoms with Gasteiger partial charge in [0.2, 0.25) is 0 Å². The van der Waals surface area contributed by atoms with E-state index in [1.165, 1.54) is 0 Å². The van der Waals surface area contributed by atoms with E-state index in [-0.39, 0.29) is 35.5 Å². The van der Waals surface area contributed by atoms with Crippen molar-refractivity contribution in [1.82, 2.24) is 5.01 Å². The molecule has 3 aliphatic carbocycles. The fourth-order valence-corrected chi connectivity index (χ4v) is 5.53. The van der Waals surface area contributed by atoms with E-state index in [0.717, 1.165) is 37.9 Å². The normalized spacial score (nSPS) is 26.7. The lowest BCUT2D eigenvalue weighted by Gasteiger charge is -2.37. The summed E-state index contributed by atoms with van der Waals surface area (Å²) >= 11 is 6.96. The van der Waals surface area contributed by atoms with Crippen LogP contribution in [-0.4, -0.2) is 23.0 Å². The third-order valence-electron chi connectivity index (χ3n) is 6.32. The molecule has 2 aromatic rings. The molecule has 1 saturated carbocycles. The zero-order valence-electron chi connectivity index (χ0n) is 16.6. The number of benzene rings is 2. The fourth-order valence-electron chi connectivity index (χ4n) is 4.75. The number of halogens is 2. The molecular formula is C24H20Br2N2O3. The van der Waals surface area contributed by atoms with Crippen molar-refractivity contribution in [3.05, 3.63) is 74.7 Å². The molecule has 31 heavy (non-hydrogen) atoms. The largest absolute Gasteiger partial charge is 0.488 e. The van der Waals surface area contributed by atoms with Gasteiger partial charge in [-0.05, 0) is 82.1 Å². The van der Waals surface area contributed by atoms with E-state index in [1.54, 1.807) is 6.21 Å². The Hall–Kier alpha value is -2.25. The Balaban J connectivity index is 1.27. The van der Waals surface area contributed by atoms with E-state index in [9.17, 15) is 9.59 Å². The molecule has 2 fully saturated rings. The van der Waals surface area contributed by atoms with Gasteiger partial charge in [-0.3, -0.25) is 9.59 Å². The molecule has 2 amide bonds. The number of amides is 2. The molecule has 7 heteroatoms. The molecule has 0 aromatic heterocycles. The summed E-state index contributed by atoms with van der Waals surface area (Å²) in [5.74, 6) is 0.231. The standard InChI is InChI=1S/C24H20Br2N2O3/c25-18-8-1-14(2-9-18)13-31-20-10-3-15(11-19(20)26)12-27-28-23(29)21-16-4-5-17(7-6-16)22(21)24(28)30/h1-5,8-12,16-17,21-22H,6-7,13H2/b27-12-/t16-,17-,21-,22+/m0/s1. The number of carbonyl (C=O) groups is 2. The van der Waals surface area contributed by atoms with Gasteiger partial charge < -0.3 is 4.74 Å². The average molecular weight is 544 g/mol. The van der Waals surface area contributed by atoms with Crippen LogP contribution < -0.4 is 4.74 Å². The summed E-state index contributed by atoms with van der Waals surface area (Å²) in [6.07, 6.45) is 7.74. The van der Waals surface area contributed by atoms with Crippen LogP contribution in [0.4, 0.5) is 0 Å². The van der Waals surface area contributed by atoms with Crippen molar-refractivity contribution >= 4 is 49.9 Å². The second kappa shape index (κ2) is 8.36. The molecule has 0 radical (unpaired) electrons. The summed E-state index contributed by atoms with van der Waals surface area (Å²) in [6, 6.07) is 13.5. The number of hydrogen-bond donors (Lipinski definition) is 0. The molecule has 2 aromatic carbocycles. The van der Waals surface area contributed by atoms with Gasteiger partial charge in [-0.15, -0.1) is 0 Å². The Morgan fingerprint density at radius 2 is 1.61 bits per heavy atom. The molecule has 158 valence electrons. The first-order chi connectivity index (χ1) is 15.0. The van der Waals surface area contributed by atoms with Gasteiger partial charge in [0, 0.05) is 4.47 Å². The number of allylic oxidation sites excluding steroid dienone is 2. The minimum absolute atomic E-state index is 0.168. The van der Waals surface area contributed by atoms with Crippen molar-refractivity contribution in [1.29, 1.82) is 0 Å². The Kier molecular flexibility index (Phi) is 5.56. The van der Waals surface area contributed by atoms with Crippen molar-refractivity contribution in [3.8, 4) is 5.75 Å². The number of fused-ring (bicyclic) bond motifs is 1. The van der Waals surface area contributed by atoms with Crippen molar-refractivity contribution in [2.75, 3.05) is 0 Å². The smallest absolute Gasteiger partial charge is 0.254 e. The molecule has 2 bridgehead atoms. The van der Waals surface area contributed by atoms with Crippen LogP contribution in [0.25, 0.3) is 0 Å². The predicted octanol–water partition coefficient (Wildman–Crippen LogP) is 5.32. The number of nitrogens with zero attached hydrogens (tertiary/aromatic N) is 2. The summed E-state index contributed by atoms with van der Waals surface area (Å²) in [4.78, 5) is 25.7. The molecule has 4 aliphatic rings. The lowest BCUT2D eigenvalue weighted by molar-refractivity contribution is -0.140. The van der Waals surface area contributed by atoms with Gasteiger partial charge in [0.1, 0.15) is 12.4 Å². The van der Waals surface area contributed by atoms with Gasteiger partial charge in [-0.2, -0.15) is 10.1 Å². The third-order valence-corrected chi connectivity index (χ3v) is 7.47. The molecule has 0 spiro atoms. The molecule has 0 unspecified atom stereocenters. The lowest BCUT2D eigenvalue weighted by Crippen LogP contribution is -2.38. The molecular weight excluding hydrogens is 524 g/mol. The van der Waals surface area contributed by atoms with E-state index >= 15 is 0 Å². The highest BCUT2D eigenvalue weighted by atomic mass is 79.9. The molecule has 0 N–H and O–H groups in total. The number of rotatable bonds is 5. The molecule has 6 rings (SSSR count). The van der Waals surface area contributed by atoms with Crippen LogP contribution in [0.3, 0.4) is 0 Å². The van der Waals surface area contributed by atoms with Crippen molar-refractivity contribution in [3.63, 3.8) is 0 Å². The van der Waals surface area contributed by atoms with Crippen molar-refractivity contribution < 1.29 is 14.3 Å². The van der Waals surface area contributed by atoms with E-state index in [1.807, 2.05) is 42.5 Å². The summed E-state index contributed by atoms with van der Waals surface area (Å²) in [5, 5.41) is 5.35. The van der Waals surface area contributed by atoms with E-state index < -0.39 is 0 Å². The van der Waals surface area contributed by atoms with Crippen LogP contribution in [0.5, 0.6) is 5.75 Å². The molecule has 1 saturated heterocycles. The van der Waals surface area contributed by atoms with E-state index in [0.29, 0.717) is 12.4 Å². The second-order valence-corrected chi connectivity index (χ2v) is 9.95. The maximum Gasteiger partial charge on any atom is 0.254 e. The van der Waals surface area contributed by atoms with Crippen molar-refractivity contribution in [2.45, 2.75) is 19.4 Å². The maximum atomic E-state index is 12.8. The van der Waals surface area contributed by atoms with E-state index in [2.05, 4.69) is 49.1 Å². The molecule has 1 aliphatic heterocycles. The van der Waals surface area contributed by atoms with Crippen LogP contribution >= 0.6 is 31.9 Å². The zero-order valence-corrected chi connectivity index (χ0v) is 19.8. The molecule has 4 atom stereocenters. The summed E-state index contributed by atoms with van der Waals surface area (Å²) in [5.41, 5.74) is 1.84. The minimum atomic E-state index is -0.241. The topological polar surface area (TPSA) is 59.0 Å². The SMILES string of the molecule is O=C1[C@@H]2[C@H](C(=O)N1/N=C\c1ccc(OCc3ccc(Br)cc3)c(Br)c1)[C@H]1C=C[C@H]2CC1. The van der Waals surface area contributed by atoms with Crippen LogP contribution in [0.2, 0.25) is 0 Å². The highest BCUT2D eigenvalue weighted by Crippen LogP contribution is 2.49. The van der Waals surface area contributed by atoms with Gasteiger partial charge in [-0.1, -0.05) is 40.2 Å². The van der Waals surface area contributed by atoms with Crippen molar-refractivity contribution in [2.24, 2.45) is 28.8 Å². The fraction of sp³-hybridized carbons (Fsp3) is 0.292. The summed E-state index contributed by atoms with van der Waals surface area (Å²) in [7, 11) is 0. The number of hydrazone groups is 1. The van der Waals surface area contributed by atoms with Gasteiger partial charge in [-0.25, -0.2) is 0 Å². The zero-order chi connectivity index (χ0) is 21.5. The van der Waals surface area contributed by atoms with Gasteiger partial charge in [0.15, 0.2) is 0 Å². The highest BCUT2D eigenvalue weighted by Gasteiger charge is 2.56. The third kappa shape index (κ3) is 3.89. The van der Waals surface area contributed by atoms with Gasteiger partial charge in [0.25, 0.3) is 11.8 Å². The maximum absolute atomic E-state index is 12.8. The number of ether oxygens (including phenoxy) is 1. The van der Waals surface area contributed by atoms with Crippen LogP contribution in [0, 0.1) is 23.7 Å². The van der Waals surface area contributed by atoms with Gasteiger partial charge in [0.05, 0.1) is 22.5 Å². The number of hydrogen-bond acceptors (Lipinski definition) is 4. The Bertz CT molecular complexity index is 1060. The predicted molar refractivity (Wildman–Crippen MR) is 124 cm³/mol. The molecule has 5 nitrogen and oxygen atoms in total. The first-order valence-electron chi connectivity index (χ1n) is 10.3. The number of imide groups is 1. The van der Waals surface area contributed by atoms with Crippen LogP contribution in [0.1, 0.15) is 24.0 Å². The van der Waals surface area contributed by atoms with Crippen LogP contribution in [-0.2, 0) is 16.2 Å². The summed E-state index contributed by atoms with van der Waals surface area (Å²) in [6.45, 7) is 0.454. The average Bonchev–Trinajstić information content (AvgIpc) is 3.05. The van der Waals surface area contributed by atoms with E-state index in [4.69, 9.17) is 4.74 Å². The Morgan fingerprint density at radius 3 is 2.19 bits per heavy atom. The monoisotopic (exact) mass is 542 g/mol. The quantitative estimate of drug-likeness (QED) is 0.291. The Labute approximate surface area is 197 Å². The first-order valence-corrected chi connectivity index (χ1v) is 11.9. The lowest BCUT2D eigenvalue weighted by atomic mass is 9.63. The molecule has 1 heterocycles. The number of carbonyl (C=O) groups excluding carboxylic acids is 2. The minimum Gasteiger partial charge on any atom is -0.488 e. The second-order valence-electron chi connectivity index (χ2n) is 8.18. The summed E-state index contributed by atoms with van der Waals surface area (Å²) < 4.78 is 7.70. The highest BCUT2D eigenvalue weighted by molar-refractivity contribution is 9.10. The van der Waals surface area contributed by atoms with Gasteiger partial charge >= 0.3 is 0 Å². The Morgan fingerprint density at radius 1 is 0.968 bits per heavy atom. The first kappa shape index (κ1) is 20.6. The van der Waals surface area contributed by atoms with Crippen LogP contribution in [0.15, 0.2) is 68.7 Å².